The average Bonchev–Trinajstić information content (AvgIpc) is 2.53. The first-order chi connectivity index (χ1) is 10.3. The highest BCUT2D eigenvalue weighted by atomic mass is 32.2. The summed E-state index contributed by atoms with van der Waals surface area (Å²) in [7, 11) is 0. The molecule has 0 unspecified atom stereocenters. The van der Waals surface area contributed by atoms with E-state index in [0.717, 1.165) is 11.4 Å². The van der Waals surface area contributed by atoms with E-state index in [2.05, 4.69) is 65.6 Å². The molecule has 0 atom stereocenters. The van der Waals surface area contributed by atoms with E-state index in [0.29, 0.717) is 0 Å². The van der Waals surface area contributed by atoms with E-state index in [1.54, 1.807) is 0 Å². The molecule has 4 rings (SSSR count). The molecule has 0 bridgehead atoms. The van der Waals surface area contributed by atoms with Crippen molar-refractivity contribution in [1.29, 1.82) is 0 Å². The maximum absolute atomic E-state index is 5.82. The van der Waals surface area contributed by atoms with Gasteiger partial charge in [-0.3, -0.25) is 0 Å². The number of benzene rings is 3. The molecule has 3 aromatic carbocycles. The zero-order valence-electron chi connectivity index (χ0n) is 11.4. The number of para-hydroxylation sites is 2. The highest BCUT2D eigenvalue weighted by Crippen LogP contribution is 2.50. The number of hydrogen-bond donors (Lipinski definition) is 1. The predicted octanol–water partition coefficient (Wildman–Crippen LogP) is 5.20. The third kappa shape index (κ3) is 2.06. The minimum absolute atomic E-state index is 0.784. The molecule has 1 aliphatic rings. The van der Waals surface area contributed by atoms with Crippen LogP contribution < -0.4 is 10.6 Å². The van der Waals surface area contributed by atoms with Gasteiger partial charge in [-0.2, -0.15) is 0 Å². The maximum Gasteiger partial charge on any atom is 0.0601 e. The summed E-state index contributed by atoms with van der Waals surface area (Å²) in [6.07, 6.45) is 0. The minimum atomic E-state index is 0.784. The summed E-state index contributed by atoms with van der Waals surface area (Å²) in [6, 6.07) is 25.0. The summed E-state index contributed by atoms with van der Waals surface area (Å²) < 4.78 is 0. The lowest BCUT2D eigenvalue weighted by atomic mass is 10.1. The summed E-state index contributed by atoms with van der Waals surface area (Å²) in [6.45, 7) is 0. The molecule has 3 aromatic rings. The van der Waals surface area contributed by atoms with E-state index in [-0.39, 0.29) is 0 Å². The van der Waals surface area contributed by atoms with Crippen molar-refractivity contribution in [2.45, 2.75) is 9.79 Å². The normalized spacial score (nSPS) is 12.7. The van der Waals surface area contributed by atoms with Crippen molar-refractivity contribution in [2.24, 2.45) is 0 Å². The third-order valence-electron chi connectivity index (χ3n) is 3.58. The summed E-state index contributed by atoms with van der Waals surface area (Å²) >= 11 is 1.82. The molecule has 0 aliphatic carbocycles. The monoisotopic (exact) mass is 290 g/mol. The lowest BCUT2D eigenvalue weighted by molar-refractivity contribution is 1.17. The molecule has 1 heterocycles. The molecule has 0 aromatic heterocycles. The van der Waals surface area contributed by atoms with Gasteiger partial charge in [0.2, 0.25) is 0 Å². The Morgan fingerprint density at radius 2 is 1.19 bits per heavy atom. The molecule has 102 valence electrons. The minimum Gasteiger partial charge on any atom is -0.399 e. The predicted molar refractivity (Wildman–Crippen MR) is 89.7 cm³/mol. The largest absolute Gasteiger partial charge is 0.399 e. The highest BCUT2D eigenvalue weighted by Gasteiger charge is 2.23. The van der Waals surface area contributed by atoms with E-state index in [9.17, 15) is 0 Å². The summed E-state index contributed by atoms with van der Waals surface area (Å²) in [5.41, 5.74) is 10.2. The Morgan fingerprint density at radius 3 is 1.76 bits per heavy atom. The second kappa shape index (κ2) is 4.86. The Hall–Kier alpha value is -2.39. The van der Waals surface area contributed by atoms with E-state index < -0.39 is 0 Å². The molecule has 2 N–H and O–H groups in total. The molecule has 0 saturated heterocycles. The van der Waals surface area contributed by atoms with Crippen LogP contribution in [0, 0.1) is 0 Å². The van der Waals surface area contributed by atoms with Crippen LogP contribution in [-0.2, 0) is 0 Å². The molecule has 0 fully saturated rings. The van der Waals surface area contributed by atoms with Crippen molar-refractivity contribution >= 4 is 34.5 Å². The van der Waals surface area contributed by atoms with E-state index in [4.69, 9.17) is 5.73 Å². The zero-order chi connectivity index (χ0) is 14.2. The fraction of sp³-hybridized carbons (Fsp3) is 0. The summed E-state index contributed by atoms with van der Waals surface area (Å²) in [5.74, 6) is 0. The van der Waals surface area contributed by atoms with Crippen molar-refractivity contribution in [3.05, 3.63) is 72.8 Å². The summed E-state index contributed by atoms with van der Waals surface area (Å²) in [5, 5.41) is 0. The molecule has 0 radical (unpaired) electrons. The number of anilines is 4. The first-order valence-electron chi connectivity index (χ1n) is 6.84. The van der Waals surface area contributed by atoms with Gasteiger partial charge in [0, 0.05) is 21.2 Å². The van der Waals surface area contributed by atoms with Crippen LogP contribution in [0.15, 0.2) is 82.6 Å². The van der Waals surface area contributed by atoms with Crippen LogP contribution in [-0.4, -0.2) is 0 Å². The molecule has 21 heavy (non-hydrogen) atoms. The van der Waals surface area contributed by atoms with Crippen molar-refractivity contribution in [3.63, 3.8) is 0 Å². The van der Waals surface area contributed by atoms with Crippen molar-refractivity contribution < 1.29 is 0 Å². The molecular weight excluding hydrogens is 276 g/mol. The number of nitrogens with two attached hydrogens (primary N) is 1. The van der Waals surface area contributed by atoms with E-state index >= 15 is 0 Å². The Morgan fingerprint density at radius 1 is 0.667 bits per heavy atom. The Bertz CT molecular complexity index is 751. The second-order valence-corrected chi connectivity index (χ2v) is 6.05. The summed E-state index contributed by atoms with van der Waals surface area (Å²) in [4.78, 5) is 4.83. The SMILES string of the molecule is Nc1ccc(N2c3ccccc3Sc3ccccc32)cc1. The Kier molecular flexibility index (Phi) is 2.86. The number of hydrogen-bond acceptors (Lipinski definition) is 3. The van der Waals surface area contributed by atoms with Gasteiger partial charge in [0.15, 0.2) is 0 Å². The molecule has 2 nitrogen and oxygen atoms in total. The van der Waals surface area contributed by atoms with Gasteiger partial charge in [0.25, 0.3) is 0 Å². The lowest BCUT2D eigenvalue weighted by Gasteiger charge is -2.32. The highest BCUT2D eigenvalue weighted by molar-refractivity contribution is 7.99. The maximum atomic E-state index is 5.82. The molecule has 3 heteroatoms. The Balaban J connectivity index is 1.95. The van der Waals surface area contributed by atoms with Crippen molar-refractivity contribution in [3.8, 4) is 0 Å². The Labute approximate surface area is 128 Å². The van der Waals surface area contributed by atoms with Crippen molar-refractivity contribution in [1.82, 2.24) is 0 Å². The zero-order valence-corrected chi connectivity index (χ0v) is 12.2. The molecule has 0 spiro atoms. The lowest BCUT2D eigenvalue weighted by Crippen LogP contribution is -2.14. The fourth-order valence-electron chi connectivity index (χ4n) is 2.61. The van der Waals surface area contributed by atoms with Gasteiger partial charge in [0.1, 0.15) is 0 Å². The second-order valence-electron chi connectivity index (χ2n) is 4.96. The molecular formula is C18H14N2S. The van der Waals surface area contributed by atoms with Gasteiger partial charge in [-0.1, -0.05) is 36.0 Å². The van der Waals surface area contributed by atoms with Gasteiger partial charge in [-0.15, -0.1) is 0 Å². The third-order valence-corrected chi connectivity index (χ3v) is 4.71. The number of nitrogens with zero attached hydrogens (tertiary/aromatic N) is 1. The number of rotatable bonds is 1. The van der Waals surface area contributed by atoms with Crippen LogP contribution in [0.1, 0.15) is 0 Å². The quantitative estimate of drug-likeness (QED) is 0.488. The molecule has 0 amide bonds. The van der Waals surface area contributed by atoms with Crippen LogP contribution in [0.2, 0.25) is 0 Å². The number of nitrogen functional groups attached to an aromatic ring is 1. The van der Waals surface area contributed by atoms with Crippen LogP contribution >= 0.6 is 11.8 Å². The van der Waals surface area contributed by atoms with Crippen LogP contribution in [0.25, 0.3) is 0 Å². The topological polar surface area (TPSA) is 29.3 Å². The van der Waals surface area contributed by atoms with Crippen LogP contribution in [0.3, 0.4) is 0 Å². The smallest absolute Gasteiger partial charge is 0.0601 e. The molecule has 0 saturated carbocycles. The van der Waals surface area contributed by atoms with Crippen LogP contribution in [0.5, 0.6) is 0 Å². The number of fused-ring (bicyclic) bond motifs is 2. The van der Waals surface area contributed by atoms with Gasteiger partial charge in [0.05, 0.1) is 11.4 Å². The fourth-order valence-corrected chi connectivity index (χ4v) is 3.66. The molecule has 1 aliphatic heterocycles. The first-order valence-corrected chi connectivity index (χ1v) is 7.66. The standard InChI is InChI=1S/C18H14N2S/c19-13-9-11-14(12-10-13)20-15-5-1-3-7-17(15)21-18-8-4-2-6-16(18)20/h1-12H,19H2. The van der Waals surface area contributed by atoms with Gasteiger partial charge in [-0.25, -0.2) is 0 Å². The van der Waals surface area contributed by atoms with Crippen LogP contribution in [0.4, 0.5) is 22.7 Å². The first kappa shape index (κ1) is 12.4. The van der Waals surface area contributed by atoms with Crippen molar-refractivity contribution in [2.75, 3.05) is 10.6 Å². The average molecular weight is 290 g/mol. The van der Waals surface area contributed by atoms with E-state index in [1.807, 2.05) is 23.9 Å². The van der Waals surface area contributed by atoms with Gasteiger partial charge >= 0.3 is 0 Å². The van der Waals surface area contributed by atoms with Gasteiger partial charge < -0.3 is 10.6 Å². The van der Waals surface area contributed by atoms with Gasteiger partial charge in [-0.05, 0) is 48.5 Å². The van der Waals surface area contributed by atoms with E-state index in [1.165, 1.54) is 21.2 Å².